The number of hydrogen-bond acceptors (Lipinski definition) is 4. The highest BCUT2D eigenvalue weighted by molar-refractivity contribution is 5.79. The summed E-state index contributed by atoms with van der Waals surface area (Å²) < 4.78 is 5.64. The van der Waals surface area contributed by atoms with Crippen LogP contribution in [0.5, 0.6) is 0 Å². The summed E-state index contributed by atoms with van der Waals surface area (Å²) in [5.41, 5.74) is -0.211. The highest BCUT2D eigenvalue weighted by atomic mass is 16.5. The van der Waals surface area contributed by atoms with Gasteiger partial charge in [-0.05, 0) is 46.5 Å². The lowest BCUT2D eigenvalue weighted by atomic mass is 9.88. The lowest BCUT2D eigenvalue weighted by Crippen LogP contribution is -2.48. The van der Waals surface area contributed by atoms with E-state index in [9.17, 15) is 9.90 Å². The van der Waals surface area contributed by atoms with E-state index in [0.29, 0.717) is 19.2 Å². The largest absolute Gasteiger partial charge is 0.389 e. The van der Waals surface area contributed by atoms with E-state index in [1.165, 1.54) is 19.3 Å². The van der Waals surface area contributed by atoms with Gasteiger partial charge in [0.15, 0.2) is 0 Å². The molecule has 1 atom stereocenters. The Bertz CT molecular complexity index is 381. The summed E-state index contributed by atoms with van der Waals surface area (Å²) in [7, 11) is 0. The smallest absolute Gasteiger partial charge is 0.223 e. The Morgan fingerprint density at radius 1 is 1.17 bits per heavy atom. The third-order valence-corrected chi connectivity index (χ3v) is 5.09. The van der Waals surface area contributed by atoms with Crippen LogP contribution < -0.4 is 5.32 Å². The maximum atomic E-state index is 12.3. The van der Waals surface area contributed by atoms with Gasteiger partial charge in [-0.15, -0.1) is 0 Å². The molecule has 0 radical (unpaired) electrons. The van der Waals surface area contributed by atoms with Crippen molar-refractivity contribution >= 4 is 5.91 Å². The van der Waals surface area contributed by atoms with Crippen LogP contribution in [0.2, 0.25) is 0 Å². The number of ether oxygens (including phenoxy) is 1. The summed E-state index contributed by atoms with van der Waals surface area (Å²) in [5, 5.41) is 13.4. The molecule has 5 heteroatoms. The molecule has 2 N–H and O–H groups in total. The molecule has 1 heterocycles. The summed E-state index contributed by atoms with van der Waals surface area (Å²) in [6, 6.07) is 0.304. The number of carbonyl (C=O) groups excluding carboxylic acids is 1. The fourth-order valence-electron chi connectivity index (χ4n) is 3.64. The van der Waals surface area contributed by atoms with Gasteiger partial charge >= 0.3 is 0 Å². The fourth-order valence-corrected chi connectivity index (χ4v) is 3.64. The molecule has 0 aromatic heterocycles. The van der Waals surface area contributed by atoms with Crippen molar-refractivity contribution in [1.82, 2.24) is 10.2 Å². The highest BCUT2D eigenvalue weighted by Gasteiger charge is 2.26. The zero-order chi connectivity index (χ0) is 17.6. The predicted octanol–water partition coefficient (Wildman–Crippen LogP) is 2.32. The van der Waals surface area contributed by atoms with Gasteiger partial charge in [-0.25, -0.2) is 0 Å². The number of rotatable bonds is 6. The molecule has 0 aromatic rings. The molecule has 5 nitrogen and oxygen atoms in total. The molecule has 1 saturated carbocycles. The van der Waals surface area contributed by atoms with Crippen LogP contribution in [0, 0.1) is 5.92 Å². The third kappa shape index (κ3) is 7.08. The van der Waals surface area contributed by atoms with Gasteiger partial charge in [-0.3, -0.25) is 4.79 Å². The molecule has 1 aliphatic heterocycles. The number of carbonyl (C=O) groups is 1. The van der Waals surface area contributed by atoms with Gasteiger partial charge in [-0.1, -0.05) is 19.3 Å². The second-order valence-electron chi connectivity index (χ2n) is 8.50. The number of likely N-dealkylation sites (tertiary alicyclic amines) is 1. The van der Waals surface area contributed by atoms with Crippen LogP contribution in [0.4, 0.5) is 0 Å². The maximum absolute atomic E-state index is 12.3. The van der Waals surface area contributed by atoms with E-state index in [0.717, 1.165) is 38.8 Å². The number of nitrogens with zero attached hydrogens (tertiary/aromatic N) is 1. The minimum Gasteiger partial charge on any atom is -0.389 e. The number of hydrogen-bond donors (Lipinski definition) is 2. The van der Waals surface area contributed by atoms with Crippen molar-refractivity contribution in [2.24, 2.45) is 5.92 Å². The van der Waals surface area contributed by atoms with Crippen LogP contribution in [0.1, 0.15) is 65.7 Å². The molecule has 2 fully saturated rings. The van der Waals surface area contributed by atoms with E-state index in [-0.39, 0.29) is 17.4 Å². The summed E-state index contributed by atoms with van der Waals surface area (Å²) in [5.74, 6) is 0.514. The van der Waals surface area contributed by atoms with Crippen LogP contribution in [0.15, 0.2) is 0 Å². The van der Waals surface area contributed by atoms with E-state index in [1.807, 2.05) is 20.8 Å². The second-order valence-corrected chi connectivity index (χ2v) is 8.50. The molecule has 140 valence electrons. The molecule has 1 saturated heterocycles. The lowest BCUT2D eigenvalue weighted by Gasteiger charge is -2.34. The zero-order valence-corrected chi connectivity index (χ0v) is 15.7. The molecule has 0 bridgehead atoms. The summed E-state index contributed by atoms with van der Waals surface area (Å²) in [4.78, 5) is 14.6. The molecule has 0 aromatic carbocycles. The molecule has 24 heavy (non-hydrogen) atoms. The first-order chi connectivity index (χ1) is 11.3. The predicted molar refractivity (Wildman–Crippen MR) is 95.9 cm³/mol. The van der Waals surface area contributed by atoms with E-state index < -0.39 is 6.10 Å². The number of β-amino-alcohol motifs (C(OH)–C–C–N with tert-alkyl or cyclic N) is 1. The van der Waals surface area contributed by atoms with Gasteiger partial charge in [0.05, 0.1) is 18.3 Å². The van der Waals surface area contributed by atoms with Gasteiger partial charge in [0.1, 0.15) is 0 Å². The Morgan fingerprint density at radius 3 is 2.38 bits per heavy atom. The zero-order valence-electron chi connectivity index (χ0n) is 15.7. The molecule has 2 rings (SSSR count). The van der Waals surface area contributed by atoms with Crippen LogP contribution >= 0.6 is 0 Å². The van der Waals surface area contributed by atoms with E-state index >= 15 is 0 Å². The first-order valence-corrected chi connectivity index (χ1v) is 9.68. The average Bonchev–Trinajstić information content (AvgIpc) is 2.55. The molecular weight excluding hydrogens is 304 g/mol. The van der Waals surface area contributed by atoms with E-state index in [2.05, 4.69) is 10.2 Å². The van der Waals surface area contributed by atoms with Crippen molar-refractivity contribution in [3.8, 4) is 0 Å². The van der Waals surface area contributed by atoms with Crippen LogP contribution in [0.3, 0.4) is 0 Å². The van der Waals surface area contributed by atoms with Gasteiger partial charge in [0.25, 0.3) is 0 Å². The van der Waals surface area contributed by atoms with Gasteiger partial charge in [0.2, 0.25) is 5.91 Å². The summed E-state index contributed by atoms with van der Waals surface area (Å²) in [6.07, 6.45) is 7.31. The van der Waals surface area contributed by atoms with Gasteiger partial charge < -0.3 is 20.1 Å². The third-order valence-electron chi connectivity index (χ3n) is 5.09. The quantitative estimate of drug-likeness (QED) is 0.779. The number of aliphatic hydroxyl groups excluding tert-OH is 1. The summed E-state index contributed by atoms with van der Waals surface area (Å²) >= 11 is 0. The van der Waals surface area contributed by atoms with Crippen molar-refractivity contribution in [3.63, 3.8) is 0 Å². The highest BCUT2D eigenvalue weighted by Crippen LogP contribution is 2.24. The van der Waals surface area contributed by atoms with Crippen LogP contribution in [-0.4, -0.2) is 59.9 Å². The molecular formula is C19H36N2O3. The topological polar surface area (TPSA) is 61.8 Å². The monoisotopic (exact) mass is 340 g/mol. The minimum atomic E-state index is -0.447. The van der Waals surface area contributed by atoms with E-state index in [4.69, 9.17) is 4.74 Å². The Hall–Kier alpha value is -0.650. The molecule has 1 amide bonds. The van der Waals surface area contributed by atoms with Crippen molar-refractivity contribution < 1.29 is 14.6 Å². The second kappa shape index (κ2) is 9.16. The average molecular weight is 341 g/mol. The van der Waals surface area contributed by atoms with E-state index in [1.54, 1.807) is 0 Å². The fraction of sp³-hybridized carbons (Fsp3) is 0.947. The van der Waals surface area contributed by atoms with Crippen LogP contribution in [-0.2, 0) is 9.53 Å². The van der Waals surface area contributed by atoms with Crippen LogP contribution in [0.25, 0.3) is 0 Å². The van der Waals surface area contributed by atoms with Gasteiger partial charge in [-0.2, -0.15) is 0 Å². The first kappa shape index (κ1) is 19.7. The Morgan fingerprint density at radius 2 is 1.79 bits per heavy atom. The minimum absolute atomic E-state index is 0.211. The summed E-state index contributed by atoms with van der Waals surface area (Å²) in [6.45, 7) is 8.90. The maximum Gasteiger partial charge on any atom is 0.223 e. The molecule has 2 aliphatic rings. The van der Waals surface area contributed by atoms with Crippen molar-refractivity contribution in [2.45, 2.75) is 83.5 Å². The molecule has 0 unspecified atom stereocenters. The van der Waals surface area contributed by atoms with Crippen molar-refractivity contribution in [1.29, 1.82) is 0 Å². The Kier molecular flexibility index (Phi) is 7.51. The first-order valence-electron chi connectivity index (χ1n) is 9.68. The Labute approximate surface area is 147 Å². The molecule has 0 spiro atoms. The molecule has 1 aliphatic carbocycles. The number of piperidine rings is 1. The van der Waals surface area contributed by atoms with Crippen molar-refractivity contribution in [2.75, 3.05) is 26.2 Å². The normalized spacial score (nSPS) is 23.2. The SMILES string of the molecule is CC(C)(C)OC[C@@H](O)CN1CCC(NC(=O)C2CCCCC2)CC1. The number of amides is 1. The standard InChI is InChI=1S/C19H36N2O3/c1-19(2,3)24-14-17(22)13-21-11-9-16(10-12-21)20-18(23)15-7-5-4-6-8-15/h15-17,22H,4-14H2,1-3H3,(H,20,23)/t17-/m0/s1. The van der Waals surface area contributed by atoms with Gasteiger partial charge in [0, 0.05) is 31.6 Å². The number of aliphatic hydroxyl groups is 1. The Balaban J connectivity index is 1.63. The van der Waals surface area contributed by atoms with Crippen molar-refractivity contribution in [3.05, 3.63) is 0 Å². The number of nitrogens with one attached hydrogen (secondary N) is 1. The lowest BCUT2D eigenvalue weighted by molar-refractivity contribution is -0.127.